The van der Waals surface area contributed by atoms with Gasteiger partial charge in [-0.3, -0.25) is 14.9 Å². The van der Waals surface area contributed by atoms with Crippen molar-refractivity contribution in [3.63, 3.8) is 0 Å². The van der Waals surface area contributed by atoms with E-state index in [2.05, 4.69) is 4.98 Å². The molecule has 1 atom stereocenters. The van der Waals surface area contributed by atoms with Gasteiger partial charge in [-0.05, 0) is 6.07 Å². The number of hydrogen-bond donors (Lipinski definition) is 0. The molecule has 8 heteroatoms. The monoisotopic (exact) mass is 296 g/mol. The number of rotatable bonds is 3. The van der Waals surface area contributed by atoms with Crippen LogP contribution in [0.1, 0.15) is 6.42 Å². The van der Waals surface area contributed by atoms with Gasteiger partial charge in [0.15, 0.2) is 4.34 Å². The van der Waals surface area contributed by atoms with Gasteiger partial charge in [0, 0.05) is 18.6 Å². The number of non-ortho nitro benzene ring substituents is 1. The number of nitro benzene ring substituents is 1. The summed E-state index contributed by atoms with van der Waals surface area (Å²) in [7, 11) is 0. The molecule has 98 valence electrons. The zero-order valence-corrected chi connectivity index (χ0v) is 11.2. The quantitative estimate of drug-likeness (QED) is 0.492. The third-order valence-corrected chi connectivity index (χ3v) is 5.05. The van der Waals surface area contributed by atoms with E-state index in [0.717, 1.165) is 9.04 Å². The zero-order valence-electron chi connectivity index (χ0n) is 9.57. The average molecular weight is 296 g/mol. The first-order valence-corrected chi connectivity index (χ1v) is 7.21. The first-order chi connectivity index (χ1) is 9.13. The lowest BCUT2D eigenvalue weighted by Crippen LogP contribution is -2.08. The fourth-order valence-corrected chi connectivity index (χ4v) is 4.08. The van der Waals surface area contributed by atoms with Crippen LogP contribution in [0.3, 0.4) is 0 Å². The number of fused-ring (bicyclic) bond motifs is 1. The van der Waals surface area contributed by atoms with Crippen molar-refractivity contribution >= 4 is 45.0 Å². The summed E-state index contributed by atoms with van der Waals surface area (Å²) in [5, 5.41) is 10.5. The van der Waals surface area contributed by atoms with Crippen molar-refractivity contribution in [2.45, 2.75) is 16.0 Å². The van der Waals surface area contributed by atoms with Gasteiger partial charge in [-0.1, -0.05) is 11.8 Å². The molecule has 1 aromatic heterocycles. The van der Waals surface area contributed by atoms with E-state index in [1.54, 1.807) is 6.07 Å². The van der Waals surface area contributed by atoms with Crippen molar-refractivity contribution in [3.05, 3.63) is 28.3 Å². The molecule has 19 heavy (non-hydrogen) atoms. The van der Waals surface area contributed by atoms with Crippen LogP contribution in [0, 0.1) is 10.1 Å². The van der Waals surface area contributed by atoms with Gasteiger partial charge in [-0.25, -0.2) is 4.98 Å². The second kappa shape index (κ2) is 4.78. The standard InChI is InChI=1S/C11H8N2O4S2/c14-10-8(3-4-17-10)18-11-12-7-2-1-6(13(15)16)5-9(7)19-11/h1-2,5,8H,3-4H2/t8-/m1/s1. The van der Waals surface area contributed by atoms with Gasteiger partial charge in [0.25, 0.3) is 5.69 Å². The third-order valence-electron chi connectivity index (χ3n) is 2.69. The molecule has 3 rings (SSSR count). The van der Waals surface area contributed by atoms with Gasteiger partial charge in [-0.2, -0.15) is 0 Å². The Morgan fingerprint density at radius 3 is 3.05 bits per heavy atom. The molecule has 0 bridgehead atoms. The number of hydrogen-bond acceptors (Lipinski definition) is 7. The smallest absolute Gasteiger partial charge is 0.319 e. The van der Waals surface area contributed by atoms with Gasteiger partial charge >= 0.3 is 5.97 Å². The minimum absolute atomic E-state index is 0.0491. The predicted octanol–water partition coefficient (Wildman–Crippen LogP) is 2.61. The molecule has 0 N–H and O–H groups in total. The van der Waals surface area contributed by atoms with Crippen LogP contribution in [0.15, 0.2) is 22.5 Å². The topological polar surface area (TPSA) is 82.3 Å². The molecule has 0 aliphatic carbocycles. The first kappa shape index (κ1) is 12.4. The fourth-order valence-electron chi connectivity index (χ4n) is 1.76. The lowest BCUT2D eigenvalue weighted by Gasteiger charge is -1.99. The lowest BCUT2D eigenvalue weighted by molar-refractivity contribution is -0.384. The van der Waals surface area contributed by atoms with E-state index in [9.17, 15) is 14.9 Å². The number of nitro groups is 1. The van der Waals surface area contributed by atoms with Crippen LogP contribution >= 0.6 is 23.1 Å². The Bertz CT molecular complexity index is 670. The van der Waals surface area contributed by atoms with Crippen molar-refractivity contribution in [2.75, 3.05) is 6.61 Å². The van der Waals surface area contributed by atoms with Crippen LogP contribution in [0.4, 0.5) is 5.69 Å². The van der Waals surface area contributed by atoms with Crippen molar-refractivity contribution < 1.29 is 14.5 Å². The van der Waals surface area contributed by atoms with E-state index >= 15 is 0 Å². The molecule has 0 radical (unpaired) electrons. The molecular weight excluding hydrogens is 288 g/mol. The molecule has 0 spiro atoms. The summed E-state index contributed by atoms with van der Waals surface area (Å²) < 4.78 is 6.38. The maximum atomic E-state index is 11.4. The van der Waals surface area contributed by atoms with E-state index in [0.29, 0.717) is 18.5 Å². The molecule has 1 aromatic carbocycles. The number of esters is 1. The molecule has 1 aliphatic heterocycles. The van der Waals surface area contributed by atoms with Crippen LogP contribution in [-0.2, 0) is 9.53 Å². The summed E-state index contributed by atoms with van der Waals surface area (Å²) in [4.78, 5) is 26.0. The highest BCUT2D eigenvalue weighted by Crippen LogP contribution is 2.36. The number of thioether (sulfide) groups is 1. The first-order valence-electron chi connectivity index (χ1n) is 5.52. The molecule has 0 unspecified atom stereocenters. The Morgan fingerprint density at radius 1 is 1.53 bits per heavy atom. The molecule has 6 nitrogen and oxygen atoms in total. The van der Waals surface area contributed by atoms with Gasteiger partial charge in [0.05, 0.1) is 21.7 Å². The van der Waals surface area contributed by atoms with Crippen LogP contribution in [0.2, 0.25) is 0 Å². The summed E-state index contributed by atoms with van der Waals surface area (Å²) >= 11 is 2.72. The van der Waals surface area contributed by atoms with Crippen molar-refractivity contribution in [1.82, 2.24) is 4.98 Å². The van der Waals surface area contributed by atoms with E-state index in [1.807, 2.05) is 0 Å². The average Bonchev–Trinajstić information content (AvgIpc) is 2.95. The van der Waals surface area contributed by atoms with Crippen LogP contribution in [0.5, 0.6) is 0 Å². The van der Waals surface area contributed by atoms with Gasteiger partial charge < -0.3 is 4.74 Å². The number of cyclic esters (lactones) is 1. The Labute approximate surface area is 115 Å². The van der Waals surface area contributed by atoms with E-state index in [1.165, 1.54) is 35.2 Å². The minimum atomic E-state index is -0.430. The Hall–Kier alpha value is -1.67. The van der Waals surface area contributed by atoms with E-state index < -0.39 is 4.92 Å². The van der Waals surface area contributed by atoms with Crippen LogP contribution in [0.25, 0.3) is 10.2 Å². The van der Waals surface area contributed by atoms with Gasteiger partial charge in [0.1, 0.15) is 5.25 Å². The SMILES string of the molecule is O=C1OCC[C@H]1Sc1nc2ccc([N+](=O)[O-])cc2s1. The Balaban J connectivity index is 1.89. The highest BCUT2D eigenvalue weighted by Gasteiger charge is 2.28. The van der Waals surface area contributed by atoms with Crippen LogP contribution < -0.4 is 0 Å². The van der Waals surface area contributed by atoms with Crippen molar-refractivity contribution in [2.24, 2.45) is 0 Å². The van der Waals surface area contributed by atoms with E-state index in [-0.39, 0.29) is 16.9 Å². The number of ether oxygens (including phenoxy) is 1. The summed E-state index contributed by atoms with van der Waals surface area (Å²) in [6.07, 6.45) is 0.680. The molecule has 1 saturated heterocycles. The lowest BCUT2D eigenvalue weighted by atomic mass is 10.3. The fraction of sp³-hybridized carbons (Fsp3) is 0.273. The molecule has 1 aliphatic rings. The summed E-state index contributed by atoms with van der Waals surface area (Å²) in [6.45, 7) is 0.451. The number of aromatic nitrogens is 1. The highest BCUT2D eigenvalue weighted by atomic mass is 32.2. The van der Waals surface area contributed by atoms with Gasteiger partial charge in [0.2, 0.25) is 0 Å². The molecule has 1 fully saturated rings. The molecule has 2 aromatic rings. The number of carbonyl (C=O) groups excluding carboxylic acids is 1. The second-order valence-electron chi connectivity index (χ2n) is 3.95. The second-order valence-corrected chi connectivity index (χ2v) is 6.43. The minimum Gasteiger partial charge on any atom is -0.465 e. The van der Waals surface area contributed by atoms with Crippen molar-refractivity contribution in [3.8, 4) is 0 Å². The third kappa shape index (κ3) is 2.41. The molecule has 0 amide bonds. The van der Waals surface area contributed by atoms with Crippen LogP contribution in [-0.4, -0.2) is 27.7 Å². The molecule has 2 heterocycles. The van der Waals surface area contributed by atoms with E-state index in [4.69, 9.17) is 4.74 Å². The summed E-state index contributed by atoms with van der Waals surface area (Å²) in [5.74, 6) is -0.213. The molecular formula is C11H8N2O4S2. The Morgan fingerprint density at radius 2 is 2.37 bits per heavy atom. The number of carbonyl (C=O) groups is 1. The van der Waals surface area contributed by atoms with Gasteiger partial charge in [-0.15, -0.1) is 11.3 Å². The number of thiazole rings is 1. The normalized spacial score (nSPS) is 18.7. The summed E-state index contributed by atoms with van der Waals surface area (Å²) in [6, 6.07) is 4.56. The maximum absolute atomic E-state index is 11.4. The maximum Gasteiger partial charge on any atom is 0.319 e. The zero-order chi connectivity index (χ0) is 13.4. The molecule has 0 saturated carbocycles. The predicted molar refractivity (Wildman–Crippen MR) is 71.5 cm³/mol. The number of benzene rings is 1. The Kier molecular flexibility index (Phi) is 3.11. The number of nitrogens with zero attached hydrogens (tertiary/aromatic N) is 2. The largest absolute Gasteiger partial charge is 0.465 e. The van der Waals surface area contributed by atoms with Crippen molar-refractivity contribution in [1.29, 1.82) is 0 Å². The highest BCUT2D eigenvalue weighted by molar-refractivity contribution is 8.02. The summed E-state index contributed by atoms with van der Waals surface area (Å²) in [5.41, 5.74) is 0.762.